The van der Waals surface area contributed by atoms with Gasteiger partial charge in [0.1, 0.15) is 17.6 Å². The number of nitrogens with zero attached hydrogens (tertiary/aromatic N) is 3. The van der Waals surface area contributed by atoms with Gasteiger partial charge in [-0.15, -0.1) is 13.2 Å². The zero-order valence-electron chi connectivity index (χ0n) is 20.4. The fourth-order valence-electron chi connectivity index (χ4n) is 4.24. The number of primary amides is 1. The molecule has 2 heterocycles. The standard InChI is InChI=1S/C26H27F3N4O5/c27-26(28,29)38-21-4-1-17(2-5-21)13-24(35)32-9-7-20(8-10-32)37-23-6-3-18(14-22(23)25(30)36)19-15-31-33(16-19)11-12-34/h1-6,14-16,20,34H,7-13H2,(H2,30,36). The molecule has 4 rings (SSSR count). The molecular weight excluding hydrogens is 505 g/mol. The van der Waals surface area contributed by atoms with Crippen molar-refractivity contribution in [2.24, 2.45) is 5.73 Å². The summed E-state index contributed by atoms with van der Waals surface area (Å²) < 4.78 is 48.5. The number of alkyl halides is 3. The Morgan fingerprint density at radius 2 is 1.79 bits per heavy atom. The number of aliphatic hydroxyl groups excluding tert-OH is 1. The molecular formula is C26H27F3N4O5. The molecule has 0 bridgehead atoms. The second kappa shape index (κ2) is 11.5. The molecule has 0 atom stereocenters. The van der Waals surface area contributed by atoms with Crippen molar-refractivity contribution in [1.29, 1.82) is 0 Å². The number of likely N-dealkylation sites (tertiary alicyclic amines) is 1. The zero-order valence-corrected chi connectivity index (χ0v) is 20.4. The van der Waals surface area contributed by atoms with Gasteiger partial charge in [0.15, 0.2) is 0 Å². The minimum atomic E-state index is -4.77. The quantitative estimate of drug-likeness (QED) is 0.437. The number of ether oxygens (including phenoxy) is 2. The number of amides is 2. The number of carbonyl (C=O) groups is 2. The van der Waals surface area contributed by atoms with Gasteiger partial charge >= 0.3 is 6.36 Å². The first-order valence-electron chi connectivity index (χ1n) is 12.0. The Labute approximate surface area is 216 Å². The Balaban J connectivity index is 1.33. The van der Waals surface area contributed by atoms with E-state index in [1.54, 1.807) is 40.2 Å². The van der Waals surface area contributed by atoms with Gasteiger partial charge in [0.05, 0.1) is 31.3 Å². The van der Waals surface area contributed by atoms with Crippen molar-refractivity contribution >= 4 is 11.8 Å². The molecule has 0 radical (unpaired) electrons. The second-order valence-electron chi connectivity index (χ2n) is 8.86. The van der Waals surface area contributed by atoms with Gasteiger partial charge in [0.25, 0.3) is 5.91 Å². The Bertz CT molecular complexity index is 1270. The summed E-state index contributed by atoms with van der Waals surface area (Å²) >= 11 is 0. The van der Waals surface area contributed by atoms with E-state index in [0.717, 1.165) is 11.1 Å². The number of aliphatic hydroxyl groups is 1. The molecule has 12 heteroatoms. The van der Waals surface area contributed by atoms with Crippen LogP contribution in [-0.4, -0.2) is 63.8 Å². The van der Waals surface area contributed by atoms with Gasteiger partial charge in [-0.2, -0.15) is 5.10 Å². The molecule has 2 amide bonds. The number of halogens is 3. The first kappa shape index (κ1) is 27.0. The number of carbonyl (C=O) groups excluding carboxylic acids is 2. The van der Waals surface area contributed by atoms with E-state index in [0.29, 0.717) is 43.8 Å². The minimum Gasteiger partial charge on any atom is -0.489 e. The van der Waals surface area contributed by atoms with Crippen molar-refractivity contribution < 1.29 is 37.3 Å². The predicted molar refractivity (Wildman–Crippen MR) is 130 cm³/mol. The maximum absolute atomic E-state index is 12.7. The highest BCUT2D eigenvalue weighted by Crippen LogP contribution is 2.29. The van der Waals surface area contributed by atoms with E-state index in [1.807, 2.05) is 0 Å². The van der Waals surface area contributed by atoms with Crippen LogP contribution < -0.4 is 15.2 Å². The van der Waals surface area contributed by atoms with Crippen LogP contribution >= 0.6 is 0 Å². The van der Waals surface area contributed by atoms with Crippen molar-refractivity contribution in [3.8, 4) is 22.6 Å². The lowest BCUT2D eigenvalue weighted by Gasteiger charge is -2.32. The molecule has 1 aromatic heterocycles. The first-order chi connectivity index (χ1) is 18.1. The predicted octanol–water partition coefficient (Wildman–Crippen LogP) is 3.15. The molecule has 0 saturated carbocycles. The summed E-state index contributed by atoms with van der Waals surface area (Å²) in [6, 6.07) is 10.3. The minimum absolute atomic E-state index is 0.0429. The highest BCUT2D eigenvalue weighted by atomic mass is 19.4. The number of nitrogens with two attached hydrogens (primary N) is 1. The van der Waals surface area contributed by atoms with Crippen molar-refractivity contribution in [3.63, 3.8) is 0 Å². The largest absolute Gasteiger partial charge is 0.573 e. The lowest BCUT2D eigenvalue weighted by atomic mass is 10.0. The molecule has 38 heavy (non-hydrogen) atoms. The lowest BCUT2D eigenvalue weighted by molar-refractivity contribution is -0.274. The van der Waals surface area contributed by atoms with Gasteiger partial charge in [-0.1, -0.05) is 18.2 Å². The second-order valence-corrected chi connectivity index (χ2v) is 8.86. The molecule has 0 unspecified atom stereocenters. The van der Waals surface area contributed by atoms with E-state index < -0.39 is 12.3 Å². The van der Waals surface area contributed by atoms with Gasteiger partial charge in [-0.3, -0.25) is 14.3 Å². The smallest absolute Gasteiger partial charge is 0.489 e. The summed E-state index contributed by atoms with van der Waals surface area (Å²) in [6.45, 7) is 1.19. The van der Waals surface area contributed by atoms with Crippen LogP contribution in [0.3, 0.4) is 0 Å². The van der Waals surface area contributed by atoms with Gasteiger partial charge < -0.3 is 25.2 Å². The molecule has 2 aromatic carbocycles. The van der Waals surface area contributed by atoms with E-state index >= 15 is 0 Å². The van der Waals surface area contributed by atoms with E-state index in [-0.39, 0.29) is 36.4 Å². The number of benzene rings is 2. The van der Waals surface area contributed by atoms with Crippen LogP contribution in [0.15, 0.2) is 54.9 Å². The third-order valence-corrected chi connectivity index (χ3v) is 6.14. The number of aromatic nitrogens is 2. The van der Waals surface area contributed by atoms with Crippen LogP contribution in [0.1, 0.15) is 28.8 Å². The topological polar surface area (TPSA) is 120 Å². The summed E-state index contributed by atoms with van der Waals surface area (Å²) in [6.07, 6.45) is -0.471. The lowest BCUT2D eigenvalue weighted by Crippen LogP contribution is -2.42. The van der Waals surface area contributed by atoms with Crippen LogP contribution in [0.4, 0.5) is 13.2 Å². The molecule has 1 aliphatic rings. The Morgan fingerprint density at radius 3 is 2.42 bits per heavy atom. The Kier molecular flexibility index (Phi) is 8.20. The van der Waals surface area contributed by atoms with E-state index in [1.165, 1.54) is 24.3 Å². The van der Waals surface area contributed by atoms with Gasteiger partial charge in [-0.25, -0.2) is 0 Å². The zero-order chi connectivity index (χ0) is 27.3. The maximum Gasteiger partial charge on any atom is 0.573 e. The highest BCUT2D eigenvalue weighted by Gasteiger charge is 2.31. The normalized spacial score (nSPS) is 14.4. The van der Waals surface area contributed by atoms with E-state index in [4.69, 9.17) is 15.6 Å². The fourth-order valence-corrected chi connectivity index (χ4v) is 4.24. The fraction of sp³-hybridized carbons (Fsp3) is 0.346. The third kappa shape index (κ3) is 7.03. The summed E-state index contributed by atoms with van der Waals surface area (Å²) in [5.74, 6) is -0.762. The summed E-state index contributed by atoms with van der Waals surface area (Å²) in [5, 5.41) is 13.2. The van der Waals surface area contributed by atoms with E-state index in [2.05, 4.69) is 9.84 Å². The highest BCUT2D eigenvalue weighted by molar-refractivity contribution is 5.97. The summed E-state index contributed by atoms with van der Waals surface area (Å²) in [7, 11) is 0. The molecule has 1 fully saturated rings. The Morgan fingerprint density at radius 1 is 1.08 bits per heavy atom. The number of rotatable bonds is 9. The summed E-state index contributed by atoms with van der Waals surface area (Å²) in [4.78, 5) is 26.5. The molecule has 3 aromatic rings. The third-order valence-electron chi connectivity index (χ3n) is 6.14. The molecule has 1 aliphatic heterocycles. The van der Waals surface area contributed by atoms with Crippen LogP contribution in [0.5, 0.6) is 11.5 Å². The van der Waals surface area contributed by atoms with Crippen LogP contribution in [0.2, 0.25) is 0 Å². The average molecular weight is 533 g/mol. The molecule has 202 valence electrons. The van der Waals surface area contributed by atoms with Crippen molar-refractivity contribution in [1.82, 2.24) is 14.7 Å². The van der Waals surface area contributed by atoms with Crippen LogP contribution in [-0.2, 0) is 17.8 Å². The molecule has 1 saturated heterocycles. The van der Waals surface area contributed by atoms with Crippen LogP contribution in [0, 0.1) is 0 Å². The van der Waals surface area contributed by atoms with Crippen molar-refractivity contribution in [2.75, 3.05) is 19.7 Å². The SMILES string of the molecule is NC(=O)c1cc(-c2cnn(CCO)c2)ccc1OC1CCN(C(=O)Cc2ccc(OC(F)(F)F)cc2)CC1. The molecule has 0 aliphatic carbocycles. The van der Waals surface area contributed by atoms with Crippen molar-refractivity contribution in [3.05, 3.63) is 66.0 Å². The first-order valence-corrected chi connectivity index (χ1v) is 12.0. The number of hydrogen-bond acceptors (Lipinski definition) is 6. The molecule has 9 nitrogen and oxygen atoms in total. The van der Waals surface area contributed by atoms with Crippen molar-refractivity contribution in [2.45, 2.75) is 38.3 Å². The van der Waals surface area contributed by atoms with Crippen LogP contribution in [0.25, 0.3) is 11.1 Å². The number of hydrogen-bond donors (Lipinski definition) is 2. The molecule has 0 spiro atoms. The van der Waals surface area contributed by atoms with E-state index in [9.17, 15) is 22.8 Å². The molecule has 3 N–H and O–H groups in total. The summed E-state index contributed by atoms with van der Waals surface area (Å²) in [5.41, 5.74) is 7.91. The number of piperidine rings is 1. The Hall–Kier alpha value is -4.06. The monoisotopic (exact) mass is 532 g/mol. The van der Waals surface area contributed by atoms with Gasteiger partial charge in [0.2, 0.25) is 5.91 Å². The van der Waals surface area contributed by atoms with Gasteiger partial charge in [-0.05, 0) is 35.4 Å². The maximum atomic E-state index is 12.7. The van der Waals surface area contributed by atoms with Gasteiger partial charge in [0, 0.05) is 37.7 Å². The average Bonchev–Trinajstić information content (AvgIpc) is 3.34.